The maximum atomic E-state index is 13.0. The fourth-order valence-corrected chi connectivity index (χ4v) is 7.01. The second-order valence-corrected chi connectivity index (χ2v) is 10.2. The Hall–Kier alpha value is -1.39. The predicted octanol–water partition coefficient (Wildman–Crippen LogP) is 4.17. The van der Waals surface area contributed by atoms with Crippen LogP contribution < -0.4 is 5.32 Å². The van der Waals surface area contributed by atoms with Crippen molar-refractivity contribution in [2.45, 2.75) is 57.5 Å². The quantitative estimate of drug-likeness (QED) is 0.703. The first-order valence-electron chi connectivity index (χ1n) is 11.9. The van der Waals surface area contributed by atoms with Crippen molar-refractivity contribution in [3.05, 3.63) is 35.9 Å². The van der Waals surface area contributed by atoms with Gasteiger partial charge in [-0.15, -0.1) is 0 Å². The van der Waals surface area contributed by atoms with Crippen LogP contribution in [-0.4, -0.2) is 43.6 Å². The van der Waals surface area contributed by atoms with Crippen LogP contribution in [0.2, 0.25) is 0 Å². The highest BCUT2D eigenvalue weighted by Gasteiger charge is 2.54. The maximum absolute atomic E-state index is 13.0. The van der Waals surface area contributed by atoms with Crippen molar-refractivity contribution in [3.63, 3.8) is 0 Å². The minimum atomic E-state index is 0.00185. The summed E-state index contributed by atoms with van der Waals surface area (Å²) in [5.74, 6) is 2.90. The summed E-state index contributed by atoms with van der Waals surface area (Å²) in [4.78, 5) is 15.5. The maximum Gasteiger partial charge on any atom is 0.226 e. The molecule has 1 heterocycles. The highest BCUT2D eigenvalue weighted by molar-refractivity contribution is 5.83. The van der Waals surface area contributed by atoms with Crippen molar-refractivity contribution in [1.29, 1.82) is 0 Å². The second kappa shape index (κ2) is 8.39. The molecule has 5 fully saturated rings. The standard InChI is InChI=1S/C25H36N2O2/c28-24(25-15-19-12-20(16-25)14-21(13-19)17-25)26-8-4-5-9-27-10-11-29-23(18-27)22-6-2-1-3-7-22/h1-3,6-7,19-21,23H,4-5,8-18H2,(H,26,28)/t19?,20?,21?,23-,25?/m1/s1. The van der Waals surface area contributed by atoms with Crippen LogP contribution in [0.4, 0.5) is 0 Å². The molecule has 0 aromatic heterocycles. The van der Waals surface area contributed by atoms with E-state index in [1.54, 1.807) is 0 Å². The van der Waals surface area contributed by atoms with Crippen LogP contribution in [-0.2, 0) is 9.53 Å². The highest BCUT2D eigenvalue weighted by Crippen LogP contribution is 2.60. The van der Waals surface area contributed by atoms with E-state index in [4.69, 9.17) is 4.74 Å². The number of benzene rings is 1. The molecule has 5 aliphatic rings. The molecule has 4 bridgehead atoms. The van der Waals surface area contributed by atoms with Gasteiger partial charge in [0.15, 0.2) is 0 Å². The molecule has 0 radical (unpaired) electrons. The largest absolute Gasteiger partial charge is 0.371 e. The molecule has 6 rings (SSSR count). The smallest absolute Gasteiger partial charge is 0.226 e. The summed E-state index contributed by atoms with van der Waals surface area (Å²) in [7, 11) is 0. The number of unbranched alkanes of at least 4 members (excludes halogenated alkanes) is 1. The molecular weight excluding hydrogens is 360 g/mol. The second-order valence-electron chi connectivity index (χ2n) is 10.2. The highest BCUT2D eigenvalue weighted by atomic mass is 16.5. The van der Waals surface area contributed by atoms with Crippen LogP contribution in [0.1, 0.15) is 63.0 Å². The third-order valence-corrected chi connectivity index (χ3v) is 8.03. The summed E-state index contributed by atoms with van der Waals surface area (Å²) in [6.07, 6.45) is 10.1. The van der Waals surface area contributed by atoms with E-state index in [1.165, 1.54) is 44.1 Å². The summed E-state index contributed by atoms with van der Waals surface area (Å²) >= 11 is 0. The lowest BCUT2D eigenvalue weighted by molar-refractivity contribution is -0.146. The molecule has 1 N–H and O–H groups in total. The molecule has 4 nitrogen and oxygen atoms in total. The number of amides is 1. The lowest BCUT2D eigenvalue weighted by Crippen LogP contribution is -2.53. The number of ether oxygens (including phenoxy) is 1. The summed E-state index contributed by atoms with van der Waals surface area (Å²) in [5.41, 5.74) is 1.28. The number of carbonyl (C=O) groups excluding carboxylic acids is 1. The normalized spacial score (nSPS) is 36.3. The van der Waals surface area contributed by atoms with E-state index in [0.29, 0.717) is 5.91 Å². The third-order valence-electron chi connectivity index (χ3n) is 8.03. The molecule has 0 spiro atoms. The number of carbonyl (C=O) groups is 1. The van der Waals surface area contributed by atoms with Crippen molar-refractivity contribution >= 4 is 5.91 Å². The Morgan fingerprint density at radius 2 is 1.72 bits per heavy atom. The number of nitrogens with zero attached hydrogens (tertiary/aromatic N) is 1. The first kappa shape index (κ1) is 19.6. The Labute approximate surface area is 175 Å². The van der Waals surface area contributed by atoms with Crippen molar-refractivity contribution < 1.29 is 9.53 Å². The van der Waals surface area contributed by atoms with Crippen molar-refractivity contribution in [2.75, 3.05) is 32.8 Å². The summed E-state index contributed by atoms with van der Waals surface area (Å²) < 4.78 is 5.97. The van der Waals surface area contributed by atoms with Crippen LogP contribution in [0.3, 0.4) is 0 Å². The van der Waals surface area contributed by atoms with E-state index in [9.17, 15) is 4.79 Å². The summed E-state index contributed by atoms with van der Waals surface area (Å²) in [6.45, 7) is 4.74. The van der Waals surface area contributed by atoms with E-state index in [2.05, 4.69) is 40.5 Å². The lowest BCUT2D eigenvalue weighted by atomic mass is 9.49. The average molecular weight is 397 g/mol. The van der Waals surface area contributed by atoms with Crippen LogP contribution in [0.15, 0.2) is 30.3 Å². The SMILES string of the molecule is O=C(NCCCCN1CCO[C@@H](c2ccccc2)C1)C12CC3CC(CC(C3)C1)C2. The molecule has 1 amide bonds. The topological polar surface area (TPSA) is 41.6 Å². The van der Waals surface area contributed by atoms with Crippen molar-refractivity contribution in [1.82, 2.24) is 10.2 Å². The number of morpholine rings is 1. The third kappa shape index (κ3) is 4.25. The van der Waals surface area contributed by atoms with Gasteiger partial charge in [0.1, 0.15) is 0 Å². The number of hydrogen-bond donors (Lipinski definition) is 1. The molecule has 1 atom stereocenters. The molecule has 4 saturated carbocycles. The molecule has 1 aromatic rings. The Morgan fingerprint density at radius 1 is 1.03 bits per heavy atom. The van der Waals surface area contributed by atoms with E-state index < -0.39 is 0 Å². The monoisotopic (exact) mass is 396 g/mol. The molecule has 0 unspecified atom stereocenters. The van der Waals surface area contributed by atoms with Crippen molar-refractivity contribution in [2.24, 2.45) is 23.2 Å². The van der Waals surface area contributed by atoms with E-state index in [0.717, 1.165) is 63.4 Å². The zero-order valence-electron chi connectivity index (χ0n) is 17.7. The molecule has 1 saturated heterocycles. The molecule has 4 aliphatic carbocycles. The van der Waals surface area contributed by atoms with Crippen LogP contribution >= 0.6 is 0 Å². The Bertz CT molecular complexity index is 669. The van der Waals surface area contributed by atoms with Gasteiger partial charge in [0, 0.05) is 25.0 Å². The average Bonchev–Trinajstić information content (AvgIpc) is 2.73. The predicted molar refractivity (Wildman–Crippen MR) is 114 cm³/mol. The fraction of sp³-hybridized carbons (Fsp3) is 0.720. The summed E-state index contributed by atoms with van der Waals surface area (Å²) in [5, 5.41) is 3.33. The van der Waals surface area contributed by atoms with Gasteiger partial charge in [-0.1, -0.05) is 30.3 Å². The van der Waals surface area contributed by atoms with E-state index in [-0.39, 0.29) is 11.5 Å². The molecule has 158 valence electrons. The summed E-state index contributed by atoms with van der Waals surface area (Å²) in [6, 6.07) is 10.6. The molecule has 1 aromatic carbocycles. The fourth-order valence-electron chi connectivity index (χ4n) is 7.01. The minimum absolute atomic E-state index is 0.00185. The zero-order chi connectivity index (χ0) is 19.7. The number of hydrogen-bond acceptors (Lipinski definition) is 3. The van der Waals surface area contributed by atoms with Gasteiger partial charge in [-0.05, 0) is 81.2 Å². The van der Waals surface area contributed by atoms with Crippen LogP contribution in [0.25, 0.3) is 0 Å². The van der Waals surface area contributed by atoms with Crippen LogP contribution in [0.5, 0.6) is 0 Å². The number of rotatable bonds is 7. The molecule has 29 heavy (non-hydrogen) atoms. The zero-order valence-corrected chi connectivity index (χ0v) is 17.7. The van der Waals surface area contributed by atoms with Crippen LogP contribution in [0, 0.1) is 23.2 Å². The minimum Gasteiger partial charge on any atom is -0.371 e. The van der Waals surface area contributed by atoms with Gasteiger partial charge in [0.2, 0.25) is 5.91 Å². The Kier molecular flexibility index (Phi) is 5.66. The molecule has 1 aliphatic heterocycles. The Balaban J connectivity index is 1.03. The number of nitrogens with one attached hydrogen (secondary N) is 1. The van der Waals surface area contributed by atoms with Gasteiger partial charge in [0.25, 0.3) is 0 Å². The van der Waals surface area contributed by atoms with Gasteiger partial charge in [-0.2, -0.15) is 0 Å². The first-order chi connectivity index (χ1) is 14.2. The molecular formula is C25H36N2O2. The van der Waals surface area contributed by atoms with E-state index >= 15 is 0 Å². The first-order valence-corrected chi connectivity index (χ1v) is 11.9. The van der Waals surface area contributed by atoms with Gasteiger partial charge >= 0.3 is 0 Å². The van der Waals surface area contributed by atoms with Crippen molar-refractivity contribution in [3.8, 4) is 0 Å². The van der Waals surface area contributed by atoms with Gasteiger partial charge in [-0.3, -0.25) is 9.69 Å². The molecule has 4 heteroatoms. The van der Waals surface area contributed by atoms with Gasteiger partial charge in [0.05, 0.1) is 12.7 Å². The van der Waals surface area contributed by atoms with Gasteiger partial charge in [-0.25, -0.2) is 0 Å². The lowest BCUT2D eigenvalue weighted by Gasteiger charge is -2.55. The Morgan fingerprint density at radius 3 is 2.41 bits per heavy atom. The van der Waals surface area contributed by atoms with E-state index in [1.807, 2.05) is 0 Å². The van der Waals surface area contributed by atoms with Gasteiger partial charge < -0.3 is 10.1 Å².